The first-order valence-electron chi connectivity index (χ1n) is 6.62. The average molecular weight is 292 g/mol. The van der Waals surface area contributed by atoms with Gasteiger partial charge in [0, 0.05) is 19.3 Å². The normalized spacial score (nSPS) is 10.6. The Bertz CT molecular complexity index is 363. The monoisotopic (exact) mass is 292 g/mol. The predicted molar refractivity (Wildman–Crippen MR) is 77.8 cm³/mol. The van der Waals surface area contributed by atoms with E-state index >= 15 is 0 Å². The Balaban J connectivity index is 0.00000361. The first kappa shape index (κ1) is 19.8. The summed E-state index contributed by atoms with van der Waals surface area (Å²) in [5.41, 5.74) is 0. The second-order valence-electron chi connectivity index (χ2n) is 3.62. The Labute approximate surface area is 135 Å². The second kappa shape index (κ2) is 12.5. The largest absolute Gasteiger partial charge is 1.00 e. The molecule has 6 heteroatoms. The van der Waals surface area contributed by atoms with Crippen LogP contribution in [0.5, 0.6) is 11.5 Å². The molecule has 0 spiro atoms. The van der Waals surface area contributed by atoms with Crippen molar-refractivity contribution in [1.82, 2.24) is 0 Å². The minimum atomic E-state index is 0. The molecule has 0 aromatic heterocycles. The fourth-order valence-corrected chi connectivity index (χ4v) is 2.11. The van der Waals surface area contributed by atoms with Crippen molar-refractivity contribution in [2.75, 3.05) is 33.0 Å². The van der Waals surface area contributed by atoms with Crippen molar-refractivity contribution in [3.63, 3.8) is 0 Å². The van der Waals surface area contributed by atoms with Crippen LogP contribution in [0.25, 0.3) is 0 Å². The van der Waals surface area contributed by atoms with Gasteiger partial charge in [-0.2, -0.15) is 0 Å². The third-order valence-electron chi connectivity index (χ3n) is 2.23. The van der Waals surface area contributed by atoms with Crippen LogP contribution in [0.4, 0.5) is 0 Å². The van der Waals surface area contributed by atoms with Gasteiger partial charge in [0.2, 0.25) is 0 Å². The molecule has 0 aliphatic rings. The molecule has 0 atom stereocenters. The van der Waals surface area contributed by atoms with E-state index < -0.39 is 0 Å². The minimum absolute atomic E-state index is 0. The van der Waals surface area contributed by atoms with Crippen molar-refractivity contribution >= 4 is 14.1 Å². The summed E-state index contributed by atoms with van der Waals surface area (Å²) in [4.78, 5) is 0. The number of benzene rings is 1. The first-order valence-corrected chi connectivity index (χ1v) is 7.43. The maximum atomic E-state index is 5.60. The molecule has 1 aromatic rings. The Morgan fingerprint density at radius 1 is 0.950 bits per heavy atom. The van der Waals surface area contributed by atoms with Crippen LogP contribution in [0.2, 0.25) is 0 Å². The molecule has 0 aliphatic heterocycles. The van der Waals surface area contributed by atoms with Gasteiger partial charge in [-0.3, -0.25) is 0 Å². The molecule has 0 fully saturated rings. The summed E-state index contributed by atoms with van der Waals surface area (Å²) < 4.78 is 21.8. The third-order valence-corrected chi connectivity index (χ3v) is 3.11. The molecular weight excluding hydrogens is 270 g/mol. The van der Waals surface area contributed by atoms with Crippen molar-refractivity contribution in [2.24, 2.45) is 0 Å². The quantitative estimate of drug-likeness (QED) is 0.346. The van der Waals surface area contributed by atoms with E-state index in [-0.39, 0.29) is 18.9 Å². The molecule has 1 aromatic carbocycles. The molecule has 108 valence electrons. The van der Waals surface area contributed by atoms with Gasteiger partial charge in [-0.15, -0.1) is 5.30 Å². The SMILES string of the molecule is CCOCCO[P-]c1ccc(OCC)cc1OCC.[Li+]. The van der Waals surface area contributed by atoms with Crippen LogP contribution < -0.4 is 33.6 Å². The van der Waals surface area contributed by atoms with Crippen molar-refractivity contribution < 1.29 is 37.6 Å². The fourth-order valence-electron chi connectivity index (χ4n) is 1.45. The molecule has 0 bridgehead atoms. The molecule has 4 nitrogen and oxygen atoms in total. The van der Waals surface area contributed by atoms with E-state index in [1.165, 1.54) is 0 Å². The minimum Gasteiger partial charge on any atom is -0.551 e. The third kappa shape index (κ3) is 7.52. The van der Waals surface area contributed by atoms with Gasteiger partial charge in [-0.25, -0.2) is 0 Å². The number of hydrogen-bond acceptors (Lipinski definition) is 4. The Morgan fingerprint density at radius 3 is 2.35 bits per heavy atom. The molecule has 0 saturated heterocycles. The predicted octanol–water partition coefficient (Wildman–Crippen LogP) is 0.0276. The molecule has 0 aliphatic carbocycles. The molecule has 0 saturated carbocycles. The molecule has 1 rings (SSSR count). The van der Waals surface area contributed by atoms with E-state index in [0.717, 1.165) is 25.6 Å². The van der Waals surface area contributed by atoms with Crippen molar-refractivity contribution in [3.05, 3.63) is 18.2 Å². The Morgan fingerprint density at radius 2 is 1.70 bits per heavy atom. The van der Waals surface area contributed by atoms with Gasteiger partial charge in [0.1, 0.15) is 5.75 Å². The van der Waals surface area contributed by atoms with Crippen molar-refractivity contribution in [3.8, 4) is 11.5 Å². The molecule has 0 unspecified atom stereocenters. The summed E-state index contributed by atoms with van der Waals surface area (Å²) in [6, 6.07) is 5.81. The topological polar surface area (TPSA) is 36.9 Å². The summed E-state index contributed by atoms with van der Waals surface area (Å²) in [7, 11) is 0.783. The maximum Gasteiger partial charge on any atom is 1.00 e. The zero-order valence-corrected chi connectivity index (χ0v) is 13.7. The summed E-state index contributed by atoms with van der Waals surface area (Å²) >= 11 is 0. The fraction of sp³-hybridized carbons (Fsp3) is 0.571. The van der Waals surface area contributed by atoms with Crippen LogP contribution in [0, 0.1) is 0 Å². The number of rotatable bonds is 10. The zero-order chi connectivity index (χ0) is 13.9. The summed E-state index contributed by atoms with van der Waals surface area (Å²) in [6.45, 7) is 9.07. The van der Waals surface area contributed by atoms with Gasteiger partial charge in [0.15, 0.2) is 0 Å². The van der Waals surface area contributed by atoms with E-state index in [1.54, 1.807) is 0 Å². The summed E-state index contributed by atoms with van der Waals surface area (Å²) in [6.07, 6.45) is 0. The van der Waals surface area contributed by atoms with E-state index in [4.69, 9.17) is 18.7 Å². The van der Waals surface area contributed by atoms with Crippen LogP contribution in [-0.4, -0.2) is 33.0 Å². The van der Waals surface area contributed by atoms with Crippen LogP contribution >= 0.6 is 8.81 Å². The van der Waals surface area contributed by atoms with E-state index in [1.807, 2.05) is 39.0 Å². The van der Waals surface area contributed by atoms with Crippen LogP contribution in [0.3, 0.4) is 0 Å². The van der Waals surface area contributed by atoms with Crippen LogP contribution in [0.1, 0.15) is 20.8 Å². The summed E-state index contributed by atoms with van der Waals surface area (Å²) in [5, 5.41) is 1.00. The van der Waals surface area contributed by atoms with Gasteiger partial charge in [0.05, 0.1) is 25.6 Å². The van der Waals surface area contributed by atoms with Crippen molar-refractivity contribution in [2.45, 2.75) is 20.8 Å². The van der Waals surface area contributed by atoms with Crippen LogP contribution in [0.15, 0.2) is 18.2 Å². The Hall–Kier alpha value is -0.233. The number of hydrogen-bond donors (Lipinski definition) is 0. The molecule has 20 heavy (non-hydrogen) atoms. The Kier molecular flexibility index (Phi) is 12.4. The van der Waals surface area contributed by atoms with Gasteiger partial charge in [0.25, 0.3) is 0 Å². The van der Waals surface area contributed by atoms with Crippen LogP contribution in [-0.2, 0) is 9.26 Å². The molecule has 0 amide bonds. The smallest absolute Gasteiger partial charge is 0.551 e. The average Bonchev–Trinajstić information content (AvgIpc) is 2.41. The second-order valence-corrected chi connectivity index (χ2v) is 4.54. The molecule has 0 radical (unpaired) electrons. The molecule has 0 heterocycles. The standard InChI is InChI=1S/C14H22O4P.Li/c1-4-15-9-10-18-19-14-8-7-12(16-5-2)11-13(14)17-6-3;/h7-8,11H,4-6,9-10H2,1-3H3;/q-1;+1. The molecular formula is C14H22LiO4P. The summed E-state index contributed by atoms with van der Waals surface area (Å²) in [5.74, 6) is 1.63. The van der Waals surface area contributed by atoms with Gasteiger partial charge >= 0.3 is 18.9 Å². The van der Waals surface area contributed by atoms with E-state index in [2.05, 4.69) is 0 Å². The first-order chi connectivity index (χ1) is 9.31. The van der Waals surface area contributed by atoms with Gasteiger partial charge in [-0.05, 0) is 26.8 Å². The zero-order valence-electron chi connectivity index (χ0n) is 12.8. The number of ether oxygens (including phenoxy) is 3. The van der Waals surface area contributed by atoms with Gasteiger partial charge in [-0.1, -0.05) is 6.07 Å². The van der Waals surface area contributed by atoms with E-state index in [9.17, 15) is 0 Å². The maximum absolute atomic E-state index is 5.60. The van der Waals surface area contributed by atoms with Gasteiger partial charge < -0.3 is 27.5 Å². The van der Waals surface area contributed by atoms with Crippen molar-refractivity contribution in [1.29, 1.82) is 0 Å². The van der Waals surface area contributed by atoms with E-state index in [0.29, 0.717) is 33.0 Å². The molecule has 0 N–H and O–H groups in total.